The Hall–Kier alpha value is -1.44. The lowest BCUT2D eigenvalue weighted by molar-refractivity contribution is -0.109. The van der Waals surface area contributed by atoms with Gasteiger partial charge in [0.25, 0.3) is 0 Å². The van der Waals surface area contributed by atoms with Gasteiger partial charge in [-0.3, -0.25) is 4.79 Å². The van der Waals surface area contributed by atoms with Crippen molar-refractivity contribution in [2.45, 2.75) is 6.92 Å². The number of carbonyl (C=O) groups is 2. The van der Waals surface area contributed by atoms with Gasteiger partial charge in [0.2, 0.25) is 0 Å². The summed E-state index contributed by atoms with van der Waals surface area (Å²) in [5.74, 6) is 5.61. The van der Waals surface area contributed by atoms with Gasteiger partial charge in [-0.25, -0.2) is 4.79 Å². The number of esters is 1. The summed E-state index contributed by atoms with van der Waals surface area (Å²) in [6, 6.07) is 4.87. The van der Waals surface area contributed by atoms with Gasteiger partial charge in [-0.05, 0) is 18.2 Å². The molecule has 3 nitrogen and oxygen atoms in total. The molecule has 0 aliphatic heterocycles. The van der Waals surface area contributed by atoms with Crippen LogP contribution in [0.3, 0.4) is 0 Å². The van der Waals surface area contributed by atoms with Crippen molar-refractivity contribution in [3.05, 3.63) is 34.3 Å². The zero-order chi connectivity index (χ0) is 13.5. The summed E-state index contributed by atoms with van der Waals surface area (Å²) in [6.45, 7) is 1.49. The number of hydrogen-bond donors (Lipinski definition) is 0. The zero-order valence-electron chi connectivity index (χ0n) is 9.95. The van der Waals surface area contributed by atoms with Gasteiger partial charge in [0.05, 0.1) is 23.4 Å². The molecule has 0 amide bonds. The molecule has 0 aliphatic carbocycles. The average molecular weight is 283 g/mol. The van der Waals surface area contributed by atoms with Crippen LogP contribution >= 0.6 is 23.4 Å². The van der Waals surface area contributed by atoms with Crippen LogP contribution in [0.5, 0.6) is 0 Å². The summed E-state index contributed by atoms with van der Waals surface area (Å²) < 4.78 is 4.61. The number of thioether (sulfide) groups is 1. The quantitative estimate of drug-likeness (QED) is 0.618. The molecule has 1 aromatic rings. The van der Waals surface area contributed by atoms with Crippen LogP contribution in [0.1, 0.15) is 22.8 Å². The van der Waals surface area contributed by atoms with Gasteiger partial charge >= 0.3 is 5.97 Å². The predicted octanol–water partition coefficient (Wildman–Crippen LogP) is 2.76. The molecule has 0 atom stereocenters. The van der Waals surface area contributed by atoms with E-state index in [0.717, 1.165) is 11.8 Å². The Balaban J connectivity index is 2.85. The van der Waals surface area contributed by atoms with Crippen molar-refractivity contribution in [2.75, 3.05) is 12.9 Å². The monoisotopic (exact) mass is 282 g/mol. The second-order valence-electron chi connectivity index (χ2n) is 3.27. The summed E-state index contributed by atoms with van der Waals surface area (Å²) in [5, 5.41) is 0.348. The van der Waals surface area contributed by atoms with Crippen molar-refractivity contribution >= 4 is 34.4 Å². The molecule has 0 N–H and O–H groups in total. The smallest absolute Gasteiger partial charge is 0.339 e. The fourth-order valence-corrected chi connectivity index (χ4v) is 1.69. The number of ether oxygens (including phenoxy) is 1. The van der Waals surface area contributed by atoms with Gasteiger partial charge in [0.1, 0.15) is 0 Å². The Morgan fingerprint density at radius 3 is 2.78 bits per heavy atom. The molecular weight excluding hydrogens is 272 g/mol. The van der Waals surface area contributed by atoms with Gasteiger partial charge in [-0.15, -0.1) is 0 Å². The van der Waals surface area contributed by atoms with Crippen molar-refractivity contribution in [1.29, 1.82) is 0 Å². The van der Waals surface area contributed by atoms with Crippen LogP contribution < -0.4 is 0 Å². The third kappa shape index (κ3) is 4.44. The molecule has 1 aromatic carbocycles. The largest absolute Gasteiger partial charge is 0.465 e. The molecule has 0 spiro atoms. The first-order valence-corrected chi connectivity index (χ1v) is 6.41. The SMILES string of the molecule is COC(=O)c1cc(C#CCSC(C)=O)ccc1Cl. The summed E-state index contributed by atoms with van der Waals surface area (Å²) in [4.78, 5) is 22.1. The maximum absolute atomic E-state index is 11.4. The van der Waals surface area contributed by atoms with E-state index in [0.29, 0.717) is 16.3 Å². The fourth-order valence-electron chi connectivity index (χ4n) is 1.15. The van der Waals surface area contributed by atoms with Crippen LogP contribution in [0.2, 0.25) is 5.02 Å². The molecule has 0 radical (unpaired) electrons. The number of carbonyl (C=O) groups excluding carboxylic acids is 2. The van der Waals surface area contributed by atoms with Crippen LogP contribution in [-0.2, 0) is 9.53 Å². The minimum absolute atomic E-state index is 0.0238. The van der Waals surface area contributed by atoms with Crippen LogP contribution in [0.4, 0.5) is 0 Å². The van der Waals surface area contributed by atoms with Crippen LogP contribution in [-0.4, -0.2) is 23.9 Å². The molecule has 5 heteroatoms. The standard InChI is InChI=1S/C13H11ClO3S/c1-9(15)18-7-3-4-10-5-6-12(14)11(8-10)13(16)17-2/h5-6,8H,7H2,1-2H3. The lowest BCUT2D eigenvalue weighted by Gasteiger charge is -2.02. The first-order chi connectivity index (χ1) is 8.54. The molecule has 0 saturated carbocycles. The molecule has 0 unspecified atom stereocenters. The van der Waals surface area contributed by atoms with E-state index in [4.69, 9.17) is 11.6 Å². The molecule has 1 rings (SSSR count). The minimum atomic E-state index is -0.498. The van der Waals surface area contributed by atoms with Gasteiger partial charge in [0, 0.05) is 12.5 Å². The summed E-state index contributed by atoms with van der Waals surface area (Å²) in [5.41, 5.74) is 0.939. The first-order valence-electron chi connectivity index (χ1n) is 5.04. The van der Waals surface area contributed by atoms with Crippen molar-refractivity contribution in [3.63, 3.8) is 0 Å². The highest BCUT2D eigenvalue weighted by atomic mass is 35.5. The second-order valence-corrected chi connectivity index (χ2v) is 4.83. The van der Waals surface area contributed by atoms with E-state index in [1.54, 1.807) is 18.2 Å². The van der Waals surface area contributed by atoms with Crippen LogP contribution in [0.15, 0.2) is 18.2 Å². The van der Waals surface area contributed by atoms with E-state index in [-0.39, 0.29) is 10.7 Å². The average Bonchev–Trinajstić information content (AvgIpc) is 2.35. The Morgan fingerprint density at radius 1 is 1.44 bits per heavy atom. The fraction of sp³-hybridized carbons (Fsp3) is 0.231. The third-order valence-corrected chi connectivity index (χ3v) is 2.98. The third-order valence-electron chi connectivity index (χ3n) is 1.95. The molecular formula is C13H11ClO3S. The first kappa shape index (κ1) is 14.6. The van der Waals surface area contributed by atoms with Gasteiger partial charge < -0.3 is 4.74 Å². The van der Waals surface area contributed by atoms with Gasteiger partial charge in [0.15, 0.2) is 5.12 Å². The van der Waals surface area contributed by atoms with E-state index >= 15 is 0 Å². The van der Waals surface area contributed by atoms with E-state index in [1.807, 2.05) is 0 Å². The summed E-state index contributed by atoms with van der Waals surface area (Å²) >= 11 is 7.01. The number of hydrogen-bond acceptors (Lipinski definition) is 4. The molecule has 0 fully saturated rings. The number of rotatable bonds is 2. The Morgan fingerprint density at radius 2 is 2.17 bits per heavy atom. The Kier molecular flexibility index (Phi) is 5.76. The highest BCUT2D eigenvalue weighted by molar-refractivity contribution is 8.13. The maximum Gasteiger partial charge on any atom is 0.339 e. The summed E-state index contributed by atoms with van der Waals surface area (Å²) in [6.07, 6.45) is 0. The Bertz CT molecular complexity index is 529. The lowest BCUT2D eigenvalue weighted by Crippen LogP contribution is -2.02. The highest BCUT2D eigenvalue weighted by Crippen LogP contribution is 2.18. The normalized spacial score (nSPS) is 9.28. The van der Waals surface area contributed by atoms with Crippen molar-refractivity contribution in [3.8, 4) is 11.8 Å². The van der Waals surface area contributed by atoms with Gasteiger partial charge in [-0.1, -0.05) is 35.2 Å². The van der Waals surface area contributed by atoms with Crippen LogP contribution in [0.25, 0.3) is 0 Å². The van der Waals surface area contributed by atoms with E-state index in [2.05, 4.69) is 16.6 Å². The number of benzene rings is 1. The van der Waals surface area contributed by atoms with E-state index in [9.17, 15) is 9.59 Å². The van der Waals surface area contributed by atoms with Crippen molar-refractivity contribution < 1.29 is 14.3 Å². The molecule has 0 heterocycles. The van der Waals surface area contributed by atoms with Crippen LogP contribution in [0, 0.1) is 11.8 Å². The molecule has 18 heavy (non-hydrogen) atoms. The number of methoxy groups -OCH3 is 1. The molecule has 0 aliphatic rings. The highest BCUT2D eigenvalue weighted by Gasteiger charge is 2.10. The summed E-state index contributed by atoms with van der Waals surface area (Å²) in [7, 11) is 1.29. The van der Waals surface area contributed by atoms with E-state index < -0.39 is 5.97 Å². The van der Waals surface area contributed by atoms with Crippen molar-refractivity contribution in [1.82, 2.24) is 0 Å². The zero-order valence-corrected chi connectivity index (χ0v) is 11.5. The molecule has 0 bridgehead atoms. The maximum atomic E-state index is 11.4. The van der Waals surface area contributed by atoms with Crippen molar-refractivity contribution in [2.24, 2.45) is 0 Å². The topological polar surface area (TPSA) is 43.4 Å². The lowest BCUT2D eigenvalue weighted by atomic mass is 10.1. The molecule has 0 saturated heterocycles. The molecule has 0 aromatic heterocycles. The van der Waals surface area contributed by atoms with E-state index in [1.165, 1.54) is 14.0 Å². The molecule has 94 valence electrons. The predicted molar refractivity (Wildman–Crippen MR) is 72.8 cm³/mol. The van der Waals surface area contributed by atoms with Gasteiger partial charge in [-0.2, -0.15) is 0 Å². The number of halogens is 1. The second kappa shape index (κ2) is 7.10. The minimum Gasteiger partial charge on any atom is -0.465 e. The Labute approximate surface area is 115 Å².